The van der Waals surface area contributed by atoms with E-state index >= 15 is 0 Å². The number of alkyl halides is 3. The van der Waals surface area contributed by atoms with Gasteiger partial charge in [-0.25, -0.2) is 4.79 Å². The van der Waals surface area contributed by atoms with Crippen molar-refractivity contribution in [2.45, 2.75) is 43.8 Å². The molecule has 3 rings (SSSR count). The van der Waals surface area contributed by atoms with Crippen LogP contribution in [0.4, 0.5) is 13.2 Å². The molecule has 9 heteroatoms. The van der Waals surface area contributed by atoms with Crippen LogP contribution in [0.25, 0.3) is 10.8 Å². The summed E-state index contributed by atoms with van der Waals surface area (Å²) in [4.78, 5) is 26.1. The highest BCUT2D eigenvalue weighted by molar-refractivity contribution is 8.00. The Morgan fingerprint density at radius 2 is 1.73 bits per heavy atom. The molecule has 3 aromatic carbocycles. The van der Waals surface area contributed by atoms with Gasteiger partial charge in [0.2, 0.25) is 0 Å². The number of nitrogens with one attached hydrogen (secondary N) is 1. The first-order valence-corrected chi connectivity index (χ1v) is 12.2. The summed E-state index contributed by atoms with van der Waals surface area (Å²) >= 11 is -0.198. The molecule has 1 N–H and O–H groups in total. The number of halogens is 3. The maximum absolute atomic E-state index is 13.4. The van der Waals surface area contributed by atoms with Gasteiger partial charge >= 0.3 is 11.5 Å². The van der Waals surface area contributed by atoms with E-state index in [2.05, 4.69) is 11.2 Å². The molecule has 0 radical (unpaired) electrons. The molecular weight excluding hydrogens is 503 g/mol. The zero-order chi connectivity index (χ0) is 27.2. The number of hydrogen-bond acceptors (Lipinski definition) is 5. The molecule has 0 spiro atoms. The van der Waals surface area contributed by atoms with E-state index in [0.717, 1.165) is 5.39 Å². The summed E-state index contributed by atoms with van der Waals surface area (Å²) in [5, 5.41) is 4.17. The van der Waals surface area contributed by atoms with Crippen LogP contribution in [-0.4, -0.2) is 30.0 Å². The number of ether oxygens (including phenoxy) is 2. The Morgan fingerprint density at radius 3 is 2.35 bits per heavy atom. The highest BCUT2D eigenvalue weighted by Crippen LogP contribution is 2.37. The summed E-state index contributed by atoms with van der Waals surface area (Å²) in [5.41, 5.74) is -4.62. The molecule has 0 bridgehead atoms. The highest BCUT2D eigenvalue weighted by atomic mass is 32.2. The lowest BCUT2D eigenvalue weighted by Gasteiger charge is -2.28. The van der Waals surface area contributed by atoms with Gasteiger partial charge in [0.25, 0.3) is 5.91 Å². The molecule has 1 unspecified atom stereocenters. The number of terminal acetylenes is 1. The normalized spacial score (nSPS) is 12.5. The summed E-state index contributed by atoms with van der Waals surface area (Å²) in [7, 11) is 0. The van der Waals surface area contributed by atoms with E-state index in [1.165, 1.54) is 24.3 Å². The van der Waals surface area contributed by atoms with Gasteiger partial charge in [-0.2, -0.15) is 13.2 Å². The van der Waals surface area contributed by atoms with Gasteiger partial charge in [-0.05, 0) is 61.7 Å². The van der Waals surface area contributed by atoms with E-state index in [1.54, 1.807) is 45.0 Å². The second-order valence-corrected chi connectivity index (χ2v) is 9.81. The molecule has 1 amide bonds. The van der Waals surface area contributed by atoms with Gasteiger partial charge < -0.3 is 14.8 Å². The van der Waals surface area contributed by atoms with Crippen LogP contribution in [0.15, 0.2) is 65.6 Å². The van der Waals surface area contributed by atoms with Crippen molar-refractivity contribution < 1.29 is 32.2 Å². The number of thioether (sulfide) groups is 1. The predicted octanol–water partition coefficient (Wildman–Crippen LogP) is 6.35. The van der Waals surface area contributed by atoms with Crippen molar-refractivity contribution in [1.29, 1.82) is 0 Å². The fourth-order valence-electron chi connectivity index (χ4n) is 3.57. The van der Waals surface area contributed by atoms with Gasteiger partial charge in [0.05, 0.1) is 17.6 Å². The van der Waals surface area contributed by atoms with Crippen LogP contribution in [0.5, 0.6) is 5.75 Å². The first kappa shape index (κ1) is 27.9. The number of fused-ring (bicyclic) bond motifs is 1. The first-order chi connectivity index (χ1) is 17.4. The Balaban J connectivity index is 1.91. The smallest absolute Gasteiger partial charge is 0.446 e. The molecule has 0 aliphatic carbocycles. The van der Waals surface area contributed by atoms with E-state index in [0.29, 0.717) is 10.9 Å². The minimum absolute atomic E-state index is 0.00239. The average molecular weight is 530 g/mol. The van der Waals surface area contributed by atoms with Crippen molar-refractivity contribution in [2.75, 3.05) is 6.61 Å². The second-order valence-electron chi connectivity index (χ2n) is 8.67. The van der Waals surface area contributed by atoms with Crippen molar-refractivity contribution in [3.05, 3.63) is 71.8 Å². The fourth-order valence-corrected chi connectivity index (χ4v) is 4.11. The molecular formula is C28H26F3NO4S. The summed E-state index contributed by atoms with van der Waals surface area (Å²) in [6, 6.07) is 15.3. The van der Waals surface area contributed by atoms with E-state index < -0.39 is 28.8 Å². The molecule has 5 nitrogen and oxygen atoms in total. The molecule has 0 heterocycles. The Bertz CT molecular complexity index is 1310. The number of hydrogen-bond donors (Lipinski definition) is 1. The monoisotopic (exact) mass is 529 g/mol. The molecule has 0 aromatic heterocycles. The average Bonchev–Trinajstić information content (AvgIpc) is 2.85. The predicted molar refractivity (Wildman–Crippen MR) is 137 cm³/mol. The van der Waals surface area contributed by atoms with Gasteiger partial charge in [-0.1, -0.05) is 48.4 Å². The van der Waals surface area contributed by atoms with Crippen molar-refractivity contribution in [1.82, 2.24) is 5.32 Å². The summed E-state index contributed by atoms with van der Waals surface area (Å²) in [6.07, 6.45) is 5.62. The fraction of sp³-hybridized carbons (Fsp3) is 0.286. The number of esters is 1. The van der Waals surface area contributed by atoms with Crippen LogP contribution >= 0.6 is 11.8 Å². The number of benzene rings is 3. The molecule has 0 fully saturated rings. The van der Waals surface area contributed by atoms with Crippen LogP contribution in [0.1, 0.15) is 36.7 Å². The number of rotatable bonds is 9. The van der Waals surface area contributed by atoms with E-state index in [1.807, 2.05) is 12.1 Å². The largest absolute Gasteiger partial charge is 0.487 e. The minimum atomic E-state index is -4.38. The molecule has 37 heavy (non-hydrogen) atoms. The molecule has 0 aliphatic heterocycles. The lowest BCUT2D eigenvalue weighted by molar-refractivity contribution is -0.147. The van der Waals surface area contributed by atoms with Gasteiger partial charge in [0.15, 0.2) is 0 Å². The van der Waals surface area contributed by atoms with Crippen molar-refractivity contribution in [3.8, 4) is 18.1 Å². The third-order valence-electron chi connectivity index (χ3n) is 5.56. The SMILES string of the molecule is C#CC(C)(C)C(NC(=O)c1ccc2ccccc2c1OCc1ccc(SC(F)(F)F)cc1)C(=O)OCC. The third kappa shape index (κ3) is 7.20. The second kappa shape index (κ2) is 11.6. The summed E-state index contributed by atoms with van der Waals surface area (Å²) in [5.74, 6) is 1.56. The number of amides is 1. The molecule has 0 saturated carbocycles. The standard InChI is InChI=1S/C28H26F3NO4S/c1-5-27(3,4)24(26(34)35-6-2)32-25(33)22-16-13-19-9-7-8-10-21(19)23(22)36-17-18-11-14-20(15-12-18)37-28(29,30)31/h1,7-16,24H,6,17H2,2-4H3,(H,32,33). The van der Waals surface area contributed by atoms with Crippen LogP contribution in [0.2, 0.25) is 0 Å². The number of carbonyl (C=O) groups excluding carboxylic acids is 2. The highest BCUT2D eigenvalue weighted by Gasteiger charge is 2.37. The molecule has 194 valence electrons. The van der Waals surface area contributed by atoms with Crippen molar-refractivity contribution in [3.63, 3.8) is 0 Å². The Hall–Kier alpha value is -3.64. The molecule has 3 aromatic rings. The van der Waals surface area contributed by atoms with Gasteiger partial charge in [-0.15, -0.1) is 6.42 Å². The lowest BCUT2D eigenvalue weighted by atomic mass is 9.85. The summed E-state index contributed by atoms with van der Waals surface area (Å²) in [6.45, 7) is 5.07. The van der Waals surface area contributed by atoms with Gasteiger partial charge in [-0.3, -0.25) is 4.79 Å². The number of carbonyl (C=O) groups is 2. The summed E-state index contributed by atoms with van der Waals surface area (Å²) < 4.78 is 49.0. The zero-order valence-corrected chi connectivity index (χ0v) is 21.3. The van der Waals surface area contributed by atoms with Gasteiger partial charge in [0.1, 0.15) is 18.4 Å². The van der Waals surface area contributed by atoms with E-state index in [9.17, 15) is 22.8 Å². The lowest BCUT2D eigenvalue weighted by Crippen LogP contribution is -2.50. The van der Waals surface area contributed by atoms with Crippen LogP contribution in [-0.2, 0) is 16.1 Å². The van der Waals surface area contributed by atoms with E-state index in [-0.39, 0.29) is 41.2 Å². The van der Waals surface area contributed by atoms with Crippen LogP contribution < -0.4 is 10.1 Å². The van der Waals surface area contributed by atoms with E-state index in [4.69, 9.17) is 15.9 Å². The minimum Gasteiger partial charge on any atom is -0.487 e. The Kier molecular flexibility index (Phi) is 8.77. The molecule has 1 atom stereocenters. The maximum atomic E-state index is 13.4. The Morgan fingerprint density at radius 1 is 1.05 bits per heavy atom. The van der Waals surface area contributed by atoms with Crippen molar-refractivity contribution in [2.24, 2.45) is 5.41 Å². The maximum Gasteiger partial charge on any atom is 0.446 e. The van der Waals surface area contributed by atoms with Crippen molar-refractivity contribution >= 4 is 34.4 Å². The molecule has 0 aliphatic rings. The quantitative estimate of drug-likeness (QED) is 0.199. The zero-order valence-electron chi connectivity index (χ0n) is 20.5. The van der Waals surface area contributed by atoms with Crippen LogP contribution in [0, 0.1) is 17.8 Å². The topological polar surface area (TPSA) is 64.6 Å². The first-order valence-electron chi connectivity index (χ1n) is 11.4. The van der Waals surface area contributed by atoms with Gasteiger partial charge in [0, 0.05) is 10.3 Å². The third-order valence-corrected chi connectivity index (χ3v) is 6.30. The molecule has 0 saturated heterocycles. The van der Waals surface area contributed by atoms with Crippen LogP contribution in [0.3, 0.4) is 0 Å². The Labute approximate surface area is 217 Å².